The highest BCUT2D eigenvalue weighted by Crippen LogP contribution is 2.45. The molecule has 1 aromatic carbocycles. The molecule has 164 valence electrons. The standard InChI is InChI=1S/C21H20O10/c1-28-15-5-3-4-12(19(15)29-2)16(20-17(26)13(24)6-10(8-22)30-20)21-18(27)14(25)7-11(9-23)31-21/h3-7,16,22-23,26-27H,8-9H2,1-2H3. The van der Waals surface area contributed by atoms with E-state index in [1.165, 1.54) is 20.3 Å². The van der Waals surface area contributed by atoms with Gasteiger partial charge in [-0.25, -0.2) is 0 Å². The fraction of sp³-hybridized carbons (Fsp3) is 0.238. The van der Waals surface area contributed by atoms with Crippen molar-refractivity contribution in [1.29, 1.82) is 0 Å². The van der Waals surface area contributed by atoms with Gasteiger partial charge < -0.3 is 38.7 Å². The monoisotopic (exact) mass is 432 g/mol. The van der Waals surface area contributed by atoms with Crippen molar-refractivity contribution in [3.63, 3.8) is 0 Å². The first-order valence-electron chi connectivity index (χ1n) is 9.00. The largest absolute Gasteiger partial charge is 0.502 e. The van der Waals surface area contributed by atoms with E-state index in [0.717, 1.165) is 12.1 Å². The topological polar surface area (TPSA) is 160 Å². The van der Waals surface area contributed by atoms with E-state index in [9.17, 15) is 30.0 Å². The van der Waals surface area contributed by atoms with E-state index >= 15 is 0 Å². The van der Waals surface area contributed by atoms with Gasteiger partial charge in [-0.1, -0.05) is 12.1 Å². The molecular weight excluding hydrogens is 412 g/mol. The van der Waals surface area contributed by atoms with Crippen LogP contribution in [0.4, 0.5) is 0 Å². The third-order valence-corrected chi connectivity index (χ3v) is 4.58. The van der Waals surface area contributed by atoms with E-state index in [1.807, 2.05) is 0 Å². The van der Waals surface area contributed by atoms with E-state index in [2.05, 4.69) is 0 Å². The van der Waals surface area contributed by atoms with Crippen LogP contribution in [0.3, 0.4) is 0 Å². The van der Waals surface area contributed by atoms with Crippen LogP contribution in [0.25, 0.3) is 0 Å². The van der Waals surface area contributed by atoms with E-state index < -0.39 is 53.0 Å². The molecule has 0 amide bonds. The maximum atomic E-state index is 12.3. The highest BCUT2D eigenvalue weighted by atomic mass is 16.5. The van der Waals surface area contributed by atoms with Gasteiger partial charge in [0.05, 0.1) is 14.2 Å². The normalized spacial score (nSPS) is 11.0. The summed E-state index contributed by atoms with van der Waals surface area (Å²) < 4.78 is 21.7. The second-order valence-electron chi connectivity index (χ2n) is 6.41. The second kappa shape index (κ2) is 8.94. The number of aromatic hydroxyl groups is 2. The summed E-state index contributed by atoms with van der Waals surface area (Å²) in [6, 6.07) is 6.47. The van der Waals surface area contributed by atoms with Gasteiger partial charge in [-0.15, -0.1) is 0 Å². The summed E-state index contributed by atoms with van der Waals surface area (Å²) in [6.07, 6.45) is 0. The van der Waals surface area contributed by atoms with Crippen LogP contribution in [0.2, 0.25) is 0 Å². The summed E-state index contributed by atoms with van der Waals surface area (Å²) in [5, 5.41) is 39.9. The van der Waals surface area contributed by atoms with Crippen molar-refractivity contribution in [3.05, 3.63) is 79.4 Å². The zero-order chi connectivity index (χ0) is 22.7. The maximum Gasteiger partial charge on any atom is 0.227 e. The van der Waals surface area contributed by atoms with Crippen LogP contribution >= 0.6 is 0 Å². The Hall–Kier alpha value is -3.76. The Bertz CT molecular complexity index is 1140. The van der Waals surface area contributed by atoms with E-state index in [-0.39, 0.29) is 28.6 Å². The molecule has 0 fully saturated rings. The van der Waals surface area contributed by atoms with Gasteiger partial charge >= 0.3 is 0 Å². The minimum absolute atomic E-state index is 0.142. The predicted octanol–water partition coefficient (Wildman–Crippen LogP) is 1.19. The molecule has 0 aliphatic rings. The van der Waals surface area contributed by atoms with Gasteiger partial charge in [-0.05, 0) is 6.07 Å². The number of hydrogen-bond acceptors (Lipinski definition) is 10. The summed E-state index contributed by atoms with van der Waals surface area (Å²) in [5.41, 5.74) is -1.53. The van der Waals surface area contributed by atoms with Crippen LogP contribution in [-0.2, 0) is 13.2 Å². The molecule has 10 nitrogen and oxygen atoms in total. The number of rotatable bonds is 7. The van der Waals surface area contributed by atoms with Gasteiger partial charge in [-0.3, -0.25) is 9.59 Å². The van der Waals surface area contributed by atoms with Crippen molar-refractivity contribution in [2.75, 3.05) is 14.2 Å². The highest BCUT2D eigenvalue weighted by molar-refractivity contribution is 5.55. The molecule has 3 rings (SSSR count). The number of methoxy groups -OCH3 is 2. The first kappa shape index (κ1) is 21.9. The summed E-state index contributed by atoms with van der Waals surface area (Å²) in [6.45, 7) is -1.31. The van der Waals surface area contributed by atoms with Crippen molar-refractivity contribution >= 4 is 0 Å². The molecule has 0 aliphatic carbocycles. The summed E-state index contributed by atoms with van der Waals surface area (Å²) in [4.78, 5) is 24.5. The molecule has 0 saturated heterocycles. The number of aliphatic hydroxyl groups is 2. The molecule has 0 radical (unpaired) electrons. The highest BCUT2D eigenvalue weighted by Gasteiger charge is 2.34. The summed E-state index contributed by atoms with van der Waals surface area (Å²) >= 11 is 0. The van der Waals surface area contributed by atoms with Crippen LogP contribution in [-0.4, -0.2) is 34.6 Å². The first-order valence-corrected chi connectivity index (χ1v) is 9.00. The Kier molecular flexibility index (Phi) is 6.33. The molecule has 4 N–H and O–H groups in total. The van der Waals surface area contributed by atoms with Crippen molar-refractivity contribution in [1.82, 2.24) is 0 Å². The number of aliphatic hydroxyl groups excluding tert-OH is 2. The van der Waals surface area contributed by atoms with Crippen molar-refractivity contribution in [3.8, 4) is 23.0 Å². The van der Waals surface area contributed by atoms with Crippen LogP contribution in [0.1, 0.15) is 34.5 Å². The maximum absolute atomic E-state index is 12.3. The zero-order valence-electron chi connectivity index (χ0n) is 16.6. The Morgan fingerprint density at radius 3 is 1.81 bits per heavy atom. The molecular formula is C21H20O10. The fourth-order valence-corrected chi connectivity index (χ4v) is 3.20. The molecule has 31 heavy (non-hydrogen) atoms. The molecule has 10 heteroatoms. The summed E-state index contributed by atoms with van der Waals surface area (Å²) in [7, 11) is 2.74. The third-order valence-electron chi connectivity index (χ3n) is 4.58. The number of para-hydroxylation sites is 1. The quantitative estimate of drug-likeness (QED) is 0.427. The van der Waals surface area contributed by atoms with E-state index in [0.29, 0.717) is 0 Å². The lowest BCUT2D eigenvalue weighted by atomic mass is 9.90. The minimum atomic E-state index is -1.39. The second-order valence-corrected chi connectivity index (χ2v) is 6.41. The zero-order valence-corrected chi connectivity index (χ0v) is 16.6. The van der Waals surface area contributed by atoms with Gasteiger partial charge in [0.25, 0.3) is 0 Å². The molecule has 0 spiro atoms. The first-order chi connectivity index (χ1) is 14.9. The van der Waals surface area contributed by atoms with Gasteiger partial charge in [0.1, 0.15) is 30.7 Å². The Balaban J connectivity index is 2.47. The molecule has 0 atom stereocenters. The van der Waals surface area contributed by atoms with Crippen molar-refractivity contribution < 1.29 is 38.7 Å². The molecule has 0 unspecified atom stereocenters. The molecule has 0 bridgehead atoms. The predicted molar refractivity (Wildman–Crippen MR) is 106 cm³/mol. The lowest BCUT2D eigenvalue weighted by Gasteiger charge is -2.21. The van der Waals surface area contributed by atoms with Gasteiger partial charge in [0.15, 0.2) is 23.0 Å². The number of hydrogen-bond donors (Lipinski definition) is 4. The average molecular weight is 432 g/mol. The third kappa shape index (κ3) is 3.98. The Labute approximate surface area is 175 Å². The lowest BCUT2D eigenvalue weighted by molar-refractivity contribution is 0.224. The Morgan fingerprint density at radius 1 is 0.871 bits per heavy atom. The number of ether oxygens (including phenoxy) is 2. The minimum Gasteiger partial charge on any atom is -0.502 e. The van der Waals surface area contributed by atoms with Crippen LogP contribution < -0.4 is 20.3 Å². The lowest BCUT2D eigenvalue weighted by Crippen LogP contribution is -2.15. The fourth-order valence-electron chi connectivity index (χ4n) is 3.20. The van der Waals surface area contributed by atoms with Crippen molar-refractivity contribution in [2.24, 2.45) is 0 Å². The van der Waals surface area contributed by atoms with Gasteiger partial charge in [-0.2, -0.15) is 0 Å². The van der Waals surface area contributed by atoms with E-state index in [1.54, 1.807) is 12.1 Å². The van der Waals surface area contributed by atoms with Crippen LogP contribution in [0.5, 0.6) is 23.0 Å². The molecule has 2 heterocycles. The molecule has 0 saturated carbocycles. The van der Waals surface area contributed by atoms with Crippen LogP contribution in [0, 0.1) is 0 Å². The average Bonchev–Trinajstić information content (AvgIpc) is 2.78. The SMILES string of the molecule is COc1cccc(C(c2oc(CO)cc(=O)c2O)c2oc(CO)cc(=O)c2O)c1OC. The number of benzene rings is 1. The van der Waals surface area contributed by atoms with Crippen molar-refractivity contribution in [2.45, 2.75) is 19.1 Å². The van der Waals surface area contributed by atoms with Gasteiger partial charge in [0.2, 0.25) is 22.4 Å². The molecule has 0 aliphatic heterocycles. The van der Waals surface area contributed by atoms with E-state index in [4.69, 9.17) is 18.3 Å². The van der Waals surface area contributed by atoms with Gasteiger partial charge in [0, 0.05) is 17.7 Å². The molecule has 3 aromatic rings. The van der Waals surface area contributed by atoms with Crippen LogP contribution in [0.15, 0.2) is 48.8 Å². The Morgan fingerprint density at radius 2 is 1.39 bits per heavy atom. The summed E-state index contributed by atoms with van der Waals surface area (Å²) in [5.74, 6) is -3.83. The smallest absolute Gasteiger partial charge is 0.227 e. The molecule has 2 aromatic heterocycles.